The van der Waals surface area contributed by atoms with Crippen LogP contribution in [0.2, 0.25) is 5.02 Å². The van der Waals surface area contributed by atoms with Crippen molar-refractivity contribution in [2.24, 2.45) is 4.99 Å². The van der Waals surface area contributed by atoms with E-state index < -0.39 is 5.25 Å². The summed E-state index contributed by atoms with van der Waals surface area (Å²) in [5, 5.41) is 3.73. The van der Waals surface area contributed by atoms with Crippen molar-refractivity contribution in [3.63, 3.8) is 0 Å². The number of nitrogens with zero attached hydrogens (tertiary/aromatic N) is 2. The number of nitrogens with one attached hydrogen (secondary N) is 1. The minimum absolute atomic E-state index is 0.117. The average Bonchev–Trinajstić information content (AvgIpc) is 2.94. The summed E-state index contributed by atoms with van der Waals surface area (Å²) in [6.45, 7) is 0. The molecular weight excluding hydrogens is 386 g/mol. The first-order valence-electron chi connectivity index (χ1n) is 8.18. The van der Waals surface area contributed by atoms with Crippen molar-refractivity contribution in [2.75, 3.05) is 24.4 Å². The molecule has 1 aliphatic rings. The molecule has 2 aromatic rings. The number of hydrogen-bond donors (Lipinski definition) is 1. The van der Waals surface area contributed by atoms with Crippen LogP contribution < -0.4 is 15.0 Å². The Hall–Kier alpha value is -2.51. The van der Waals surface area contributed by atoms with Crippen LogP contribution in [0.1, 0.15) is 6.42 Å². The molecule has 0 bridgehead atoms. The van der Waals surface area contributed by atoms with Crippen LogP contribution >= 0.6 is 23.4 Å². The minimum atomic E-state index is -0.537. The number of rotatable bonds is 4. The molecule has 2 amide bonds. The van der Waals surface area contributed by atoms with E-state index in [-0.39, 0.29) is 18.2 Å². The van der Waals surface area contributed by atoms with E-state index in [2.05, 4.69) is 10.3 Å². The summed E-state index contributed by atoms with van der Waals surface area (Å²) in [4.78, 5) is 30.6. The highest BCUT2D eigenvalue weighted by Gasteiger charge is 2.40. The zero-order valence-electron chi connectivity index (χ0n) is 14.8. The van der Waals surface area contributed by atoms with Gasteiger partial charge in [-0.15, -0.1) is 0 Å². The van der Waals surface area contributed by atoms with Gasteiger partial charge in [-0.1, -0.05) is 29.4 Å². The van der Waals surface area contributed by atoms with Crippen LogP contribution in [0.15, 0.2) is 53.5 Å². The number of ether oxygens (including phenoxy) is 1. The molecule has 0 spiro atoms. The Morgan fingerprint density at radius 1 is 1.26 bits per heavy atom. The van der Waals surface area contributed by atoms with Gasteiger partial charge >= 0.3 is 0 Å². The highest BCUT2D eigenvalue weighted by molar-refractivity contribution is 8.15. The summed E-state index contributed by atoms with van der Waals surface area (Å²) in [6, 6.07) is 14.0. The van der Waals surface area contributed by atoms with Crippen LogP contribution in [-0.4, -0.2) is 36.4 Å². The fourth-order valence-corrected chi connectivity index (χ4v) is 3.84. The number of hydrogen-bond acceptors (Lipinski definition) is 5. The summed E-state index contributed by atoms with van der Waals surface area (Å²) >= 11 is 7.22. The maximum absolute atomic E-state index is 12.8. The number of amides is 2. The Balaban J connectivity index is 1.71. The molecule has 6 nitrogen and oxygen atoms in total. The highest BCUT2D eigenvalue weighted by Crippen LogP contribution is 2.31. The fraction of sp³-hybridized carbons (Fsp3) is 0.211. The Morgan fingerprint density at radius 2 is 2.00 bits per heavy atom. The predicted molar refractivity (Wildman–Crippen MR) is 110 cm³/mol. The second kappa shape index (κ2) is 8.45. The van der Waals surface area contributed by atoms with E-state index in [0.29, 0.717) is 21.6 Å². The van der Waals surface area contributed by atoms with Crippen LogP contribution in [0, 0.1) is 0 Å². The maximum atomic E-state index is 12.8. The SMILES string of the molecule is CN=C(Nc1cccc(Cl)c1)S[C@H]1CC(=O)N(c2ccc(OC)cc2)C1=O. The molecule has 0 radical (unpaired) electrons. The first kappa shape index (κ1) is 19.3. The smallest absolute Gasteiger partial charge is 0.247 e. The summed E-state index contributed by atoms with van der Waals surface area (Å²) in [5.41, 5.74) is 1.30. The lowest BCUT2D eigenvalue weighted by molar-refractivity contribution is -0.121. The first-order valence-corrected chi connectivity index (χ1v) is 9.44. The molecule has 2 aromatic carbocycles. The van der Waals surface area contributed by atoms with E-state index in [1.807, 2.05) is 12.1 Å². The van der Waals surface area contributed by atoms with Crippen molar-refractivity contribution in [1.29, 1.82) is 0 Å². The van der Waals surface area contributed by atoms with Crippen molar-refractivity contribution in [1.82, 2.24) is 0 Å². The minimum Gasteiger partial charge on any atom is -0.497 e. The van der Waals surface area contributed by atoms with Gasteiger partial charge in [0.25, 0.3) is 0 Å². The summed E-state index contributed by atoms with van der Waals surface area (Å²) in [7, 11) is 3.19. The molecular formula is C19H18ClN3O3S. The van der Waals surface area contributed by atoms with Crippen LogP contribution in [0.5, 0.6) is 5.75 Å². The monoisotopic (exact) mass is 403 g/mol. The molecule has 1 N–H and O–H groups in total. The number of methoxy groups -OCH3 is 1. The van der Waals surface area contributed by atoms with Crippen LogP contribution in [0.3, 0.4) is 0 Å². The van der Waals surface area contributed by atoms with Crippen molar-refractivity contribution in [3.8, 4) is 5.75 Å². The van der Waals surface area contributed by atoms with Gasteiger partial charge in [0, 0.05) is 24.2 Å². The summed E-state index contributed by atoms with van der Waals surface area (Å²) in [5.74, 6) is 0.167. The normalized spacial score (nSPS) is 17.4. The standard InChI is InChI=1S/C19H18ClN3O3S/c1-21-19(22-13-5-3-4-12(20)10-13)27-16-11-17(24)23(18(16)25)14-6-8-15(26-2)9-7-14/h3-10,16H,11H2,1-2H3,(H,21,22)/t16-/m0/s1. The number of carbonyl (C=O) groups excluding carboxylic acids is 2. The molecule has 0 saturated carbocycles. The molecule has 0 aliphatic carbocycles. The molecule has 1 atom stereocenters. The molecule has 140 valence electrons. The first-order chi connectivity index (χ1) is 13.0. The molecule has 0 aromatic heterocycles. The van der Waals surface area contributed by atoms with E-state index in [9.17, 15) is 9.59 Å². The molecule has 27 heavy (non-hydrogen) atoms. The van der Waals surface area contributed by atoms with E-state index in [1.165, 1.54) is 16.7 Å². The van der Waals surface area contributed by atoms with E-state index in [1.54, 1.807) is 50.6 Å². The number of benzene rings is 2. The largest absolute Gasteiger partial charge is 0.497 e. The van der Waals surface area contributed by atoms with Gasteiger partial charge in [0.1, 0.15) is 11.0 Å². The van der Waals surface area contributed by atoms with Crippen LogP contribution in [0.25, 0.3) is 0 Å². The zero-order valence-corrected chi connectivity index (χ0v) is 16.4. The Kier molecular flexibility index (Phi) is 6.03. The molecule has 1 heterocycles. The lowest BCUT2D eigenvalue weighted by Gasteiger charge is -2.16. The summed E-state index contributed by atoms with van der Waals surface area (Å²) < 4.78 is 5.11. The van der Waals surface area contributed by atoms with E-state index >= 15 is 0 Å². The van der Waals surface area contributed by atoms with Crippen molar-refractivity contribution < 1.29 is 14.3 Å². The average molecular weight is 404 g/mol. The molecule has 1 saturated heterocycles. The van der Waals surface area contributed by atoms with Gasteiger partial charge in [-0.25, -0.2) is 4.90 Å². The summed E-state index contributed by atoms with van der Waals surface area (Å²) in [6.07, 6.45) is 0.117. The van der Waals surface area contributed by atoms with Crippen molar-refractivity contribution in [3.05, 3.63) is 53.6 Å². The van der Waals surface area contributed by atoms with Gasteiger partial charge in [0.2, 0.25) is 11.8 Å². The van der Waals surface area contributed by atoms with Crippen molar-refractivity contribution >= 4 is 51.7 Å². The lowest BCUT2D eigenvalue weighted by Crippen LogP contribution is -2.31. The Morgan fingerprint density at radius 3 is 2.63 bits per heavy atom. The van der Waals surface area contributed by atoms with Gasteiger partial charge in [-0.05, 0) is 42.5 Å². The maximum Gasteiger partial charge on any atom is 0.247 e. The number of imide groups is 1. The lowest BCUT2D eigenvalue weighted by atomic mass is 10.3. The van der Waals surface area contributed by atoms with E-state index in [0.717, 1.165) is 5.69 Å². The third-order valence-electron chi connectivity index (χ3n) is 3.97. The van der Waals surface area contributed by atoms with Gasteiger partial charge in [-0.2, -0.15) is 0 Å². The molecule has 1 fully saturated rings. The zero-order chi connectivity index (χ0) is 19.4. The Labute approximate surface area is 166 Å². The van der Waals surface area contributed by atoms with Gasteiger partial charge in [-0.3, -0.25) is 14.6 Å². The molecule has 1 aliphatic heterocycles. The number of anilines is 2. The van der Waals surface area contributed by atoms with Gasteiger partial charge in [0.15, 0.2) is 5.17 Å². The highest BCUT2D eigenvalue weighted by atomic mass is 35.5. The second-order valence-corrected chi connectivity index (χ2v) is 7.37. The van der Waals surface area contributed by atoms with Crippen LogP contribution in [0.4, 0.5) is 11.4 Å². The van der Waals surface area contributed by atoms with Gasteiger partial charge < -0.3 is 10.1 Å². The number of amidine groups is 1. The Bertz CT molecular complexity index is 886. The second-order valence-electron chi connectivity index (χ2n) is 5.74. The third kappa shape index (κ3) is 4.43. The third-order valence-corrected chi connectivity index (χ3v) is 5.36. The van der Waals surface area contributed by atoms with Crippen LogP contribution in [-0.2, 0) is 9.59 Å². The van der Waals surface area contributed by atoms with E-state index in [4.69, 9.17) is 16.3 Å². The quantitative estimate of drug-likeness (QED) is 0.477. The predicted octanol–water partition coefficient (Wildman–Crippen LogP) is 3.81. The number of thioether (sulfide) groups is 1. The number of aliphatic imine (C=N–C) groups is 1. The molecule has 3 rings (SSSR count). The fourth-order valence-electron chi connectivity index (χ4n) is 2.66. The van der Waals surface area contributed by atoms with Crippen molar-refractivity contribution in [2.45, 2.75) is 11.7 Å². The number of carbonyl (C=O) groups is 2. The van der Waals surface area contributed by atoms with Gasteiger partial charge in [0.05, 0.1) is 12.8 Å². The molecule has 0 unspecified atom stereocenters. The number of halogens is 1. The topological polar surface area (TPSA) is 71.0 Å². The molecule has 8 heteroatoms.